The zero-order chi connectivity index (χ0) is 23.1. The SMILES string of the molecule is CCCCCc1ccc(C#C/C=C/C2CCC(CC[C@H]3CC[C@H](CCCC)CC3)CC2)cc1. The van der Waals surface area contributed by atoms with Crippen LogP contribution in [0.5, 0.6) is 0 Å². The van der Waals surface area contributed by atoms with Gasteiger partial charge in [-0.1, -0.05) is 115 Å². The number of allylic oxidation sites excluding steroid dienone is 2. The van der Waals surface area contributed by atoms with Crippen molar-refractivity contribution in [2.75, 3.05) is 0 Å². The number of aryl methyl sites for hydroxylation is 1. The molecule has 2 fully saturated rings. The second kappa shape index (κ2) is 15.4. The van der Waals surface area contributed by atoms with Gasteiger partial charge in [-0.15, -0.1) is 0 Å². The summed E-state index contributed by atoms with van der Waals surface area (Å²) < 4.78 is 0. The Morgan fingerprint density at radius 2 is 1.27 bits per heavy atom. The van der Waals surface area contributed by atoms with Crippen LogP contribution in [0.1, 0.15) is 128 Å². The topological polar surface area (TPSA) is 0 Å². The van der Waals surface area contributed by atoms with Gasteiger partial charge < -0.3 is 0 Å². The molecule has 1 aromatic carbocycles. The quantitative estimate of drug-likeness (QED) is 0.234. The van der Waals surface area contributed by atoms with Crippen molar-refractivity contribution in [1.82, 2.24) is 0 Å². The molecule has 3 rings (SSSR count). The standard InChI is InChI=1S/C33H50/c1-3-5-7-11-29-14-16-30(17-15-29)12-8-9-13-31-20-24-33(25-21-31)27-26-32-22-18-28(19-23-32)10-6-4-2/h9,13-17,28,31-33H,3-7,10-11,18-27H2,1-2H3/b13-9+/t28-,31?,32-,33?. The summed E-state index contributed by atoms with van der Waals surface area (Å²) in [6, 6.07) is 8.88. The molecule has 0 unspecified atom stereocenters. The van der Waals surface area contributed by atoms with Gasteiger partial charge in [0.15, 0.2) is 0 Å². The molecule has 33 heavy (non-hydrogen) atoms. The van der Waals surface area contributed by atoms with Gasteiger partial charge in [-0.2, -0.15) is 0 Å². The molecule has 0 aliphatic heterocycles. The van der Waals surface area contributed by atoms with Crippen LogP contribution in [0.4, 0.5) is 0 Å². The van der Waals surface area contributed by atoms with Crippen molar-refractivity contribution in [3.8, 4) is 11.8 Å². The zero-order valence-corrected chi connectivity index (χ0v) is 21.8. The van der Waals surface area contributed by atoms with E-state index in [1.807, 2.05) is 0 Å². The highest BCUT2D eigenvalue weighted by atomic mass is 14.3. The molecular formula is C33H50. The molecule has 0 radical (unpaired) electrons. The maximum absolute atomic E-state index is 3.32. The van der Waals surface area contributed by atoms with E-state index < -0.39 is 0 Å². The lowest BCUT2D eigenvalue weighted by atomic mass is 9.75. The van der Waals surface area contributed by atoms with Crippen molar-refractivity contribution in [3.63, 3.8) is 0 Å². The summed E-state index contributed by atoms with van der Waals surface area (Å²) >= 11 is 0. The van der Waals surface area contributed by atoms with Gasteiger partial charge in [-0.3, -0.25) is 0 Å². The molecule has 2 aliphatic rings. The average Bonchev–Trinajstić information content (AvgIpc) is 2.86. The van der Waals surface area contributed by atoms with Crippen LogP contribution in [0.15, 0.2) is 36.4 Å². The van der Waals surface area contributed by atoms with Crippen LogP contribution < -0.4 is 0 Å². The smallest absolute Gasteiger partial charge is 0.0249 e. The summed E-state index contributed by atoms with van der Waals surface area (Å²) in [4.78, 5) is 0. The predicted molar refractivity (Wildman–Crippen MR) is 145 cm³/mol. The first-order valence-electron chi connectivity index (χ1n) is 14.5. The van der Waals surface area contributed by atoms with Crippen LogP contribution in [-0.2, 0) is 6.42 Å². The molecule has 0 saturated heterocycles. The van der Waals surface area contributed by atoms with Crippen molar-refractivity contribution >= 4 is 0 Å². The second-order valence-corrected chi connectivity index (χ2v) is 11.2. The molecule has 0 atom stereocenters. The first kappa shape index (κ1) is 26.1. The maximum atomic E-state index is 3.32. The molecule has 0 bridgehead atoms. The highest BCUT2D eigenvalue weighted by molar-refractivity contribution is 5.38. The van der Waals surface area contributed by atoms with E-state index in [0.29, 0.717) is 0 Å². The Bertz CT molecular complexity index is 712. The minimum absolute atomic E-state index is 0.755. The van der Waals surface area contributed by atoms with Crippen molar-refractivity contribution in [2.45, 2.75) is 123 Å². The lowest BCUT2D eigenvalue weighted by Gasteiger charge is -2.31. The van der Waals surface area contributed by atoms with Crippen molar-refractivity contribution in [1.29, 1.82) is 0 Å². The first-order chi connectivity index (χ1) is 16.3. The van der Waals surface area contributed by atoms with Crippen molar-refractivity contribution in [2.24, 2.45) is 23.7 Å². The van der Waals surface area contributed by atoms with Gasteiger partial charge in [-0.05, 0) is 86.0 Å². The number of hydrogen-bond donors (Lipinski definition) is 0. The summed E-state index contributed by atoms with van der Waals surface area (Å²) in [7, 11) is 0. The fourth-order valence-electron chi connectivity index (χ4n) is 6.09. The zero-order valence-electron chi connectivity index (χ0n) is 21.8. The molecule has 182 valence electrons. The van der Waals surface area contributed by atoms with Crippen molar-refractivity contribution in [3.05, 3.63) is 47.5 Å². The van der Waals surface area contributed by atoms with E-state index in [0.717, 1.165) is 29.2 Å². The minimum Gasteiger partial charge on any atom is -0.0730 e. The van der Waals surface area contributed by atoms with Gasteiger partial charge in [0, 0.05) is 5.56 Å². The predicted octanol–water partition coefficient (Wildman–Crippen LogP) is 9.91. The second-order valence-electron chi connectivity index (χ2n) is 11.2. The summed E-state index contributed by atoms with van der Waals surface area (Å²) in [5, 5.41) is 0. The molecule has 1 aromatic rings. The molecule has 0 spiro atoms. The lowest BCUT2D eigenvalue weighted by molar-refractivity contribution is 0.220. The van der Waals surface area contributed by atoms with Gasteiger partial charge in [-0.25, -0.2) is 0 Å². The summed E-state index contributed by atoms with van der Waals surface area (Å²) in [5.41, 5.74) is 2.59. The molecular weight excluding hydrogens is 396 g/mol. The number of hydrogen-bond acceptors (Lipinski definition) is 0. The minimum atomic E-state index is 0.755. The maximum Gasteiger partial charge on any atom is 0.0249 e. The van der Waals surface area contributed by atoms with E-state index in [1.165, 1.54) is 115 Å². The highest BCUT2D eigenvalue weighted by Crippen LogP contribution is 2.37. The van der Waals surface area contributed by atoms with Gasteiger partial charge in [0.1, 0.15) is 0 Å². The molecule has 2 saturated carbocycles. The van der Waals surface area contributed by atoms with E-state index >= 15 is 0 Å². The van der Waals surface area contributed by atoms with E-state index in [9.17, 15) is 0 Å². The Balaban J connectivity index is 1.28. The summed E-state index contributed by atoms with van der Waals surface area (Å²) in [6.45, 7) is 4.59. The molecule has 2 aliphatic carbocycles. The Labute approximate surface area is 206 Å². The van der Waals surface area contributed by atoms with Crippen LogP contribution >= 0.6 is 0 Å². The molecule has 0 N–H and O–H groups in total. The fraction of sp³-hybridized carbons (Fsp3) is 0.697. The van der Waals surface area contributed by atoms with E-state index in [-0.39, 0.29) is 0 Å². The van der Waals surface area contributed by atoms with E-state index in [1.54, 1.807) is 0 Å². The molecule has 0 nitrogen and oxygen atoms in total. The average molecular weight is 447 g/mol. The van der Waals surface area contributed by atoms with Crippen LogP contribution in [0.3, 0.4) is 0 Å². The Hall–Kier alpha value is -1.48. The third-order valence-corrected chi connectivity index (χ3v) is 8.50. The summed E-state index contributed by atoms with van der Waals surface area (Å²) in [6.07, 6.45) is 28.7. The van der Waals surface area contributed by atoms with Crippen LogP contribution in [0.2, 0.25) is 0 Å². The molecule has 0 amide bonds. The van der Waals surface area contributed by atoms with Gasteiger partial charge in [0.05, 0.1) is 0 Å². The van der Waals surface area contributed by atoms with Gasteiger partial charge >= 0.3 is 0 Å². The Morgan fingerprint density at radius 1 is 0.697 bits per heavy atom. The van der Waals surface area contributed by atoms with Crippen molar-refractivity contribution < 1.29 is 0 Å². The van der Waals surface area contributed by atoms with E-state index in [2.05, 4.69) is 62.1 Å². The third kappa shape index (κ3) is 10.1. The highest BCUT2D eigenvalue weighted by Gasteiger charge is 2.23. The third-order valence-electron chi connectivity index (χ3n) is 8.50. The largest absolute Gasteiger partial charge is 0.0730 e. The Kier molecular flexibility index (Phi) is 12.2. The number of unbranched alkanes of at least 4 members (excludes halogenated alkanes) is 3. The normalized spacial score (nSPS) is 25.6. The molecule has 0 heterocycles. The van der Waals surface area contributed by atoms with Crippen LogP contribution in [-0.4, -0.2) is 0 Å². The fourth-order valence-corrected chi connectivity index (χ4v) is 6.09. The van der Waals surface area contributed by atoms with Gasteiger partial charge in [0.2, 0.25) is 0 Å². The van der Waals surface area contributed by atoms with Crippen LogP contribution in [0.25, 0.3) is 0 Å². The molecule has 0 heteroatoms. The first-order valence-corrected chi connectivity index (χ1v) is 14.5. The Morgan fingerprint density at radius 3 is 1.88 bits per heavy atom. The van der Waals surface area contributed by atoms with Crippen LogP contribution in [0, 0.1) is 35.5 Å². The monoisotopic (exact) mass is 446 g/mol. The number of benzene rings is 1. The van der Waals surface area contributed by atoms with E-state index in [4.69, 9.17) is 0 Å². The van der Waals surface area contributed by atoms with Gasteiger partial charge in [0.25, 0.3) is 0 Å². The summed E-state index contributed by atoms with van der Waals surface area (Å²) in [5.74, 6) is 10.5. The lowest BCUT2D eigenvalue weighted by Crippen LogP contribution is -2.17. The molecule has 0 aromatic heterocycles. The number of rotatable bonds is 11.